The number of hydrogen-bond acceptors (Lipinski definition) is 4. The zero-order chi connectivity index (χ0) is 22.2. The highest BCUT2D eigenvalue weighted by Gasteiger charge is 2.11. The molecule has 1 aromatic heterocycles. The second-order valence-corrected chi connectivity index (χ2v) is 8.41. The average Bonchev–Trinajstić information content (AvgIpc) is 3.50. The maximum atomic E-state index is 5.64. The summed E-state index contributed by atoms with van der Waals surface area (Å²) in [5.41, 5.74) is 5.78. The number of nitrogens with zero attached hydrogens (tertiary/aromatic N) is 3. The highest BCUT2D eigenvalue weighted by Crippen LogP contribution is 2.19. The van der Waals surface area contributed by atoms with Crippen LogP contribution in [0.2, 0.25) is 0 Å². The van der Waals surface area contributed by atoms with E-state index in [4.69, 9.17) is 4.42 Å². The van der Waals surface area contributed by atoms with Crippen molar-refractivity contribution in [1.82, 2.24) is 20.5 Å². The van der Waals surface area contributed by atoms with Crippen LogP contribution >= 0.6 is 24.0 Å². The normalized spacial score (nSPS) is 14.2. The first kappa shape index (κ1) is 25.2. The van der Waals surface area contributed by atoms with E-state index in [1.54, 1.807) is 13.3 Å². The van der Waals surface area contributed by atoms with Gasteiger partial charge in [0.1, 0.15) is 6.26 Å². The third-order valence-electron chi connectivity index (χ3n) is 5.84. The van der Waals surface area contributed by atoms with E-state index in [0.29, 0.717) is 5.89 Å². The SMILES string of the molecule is CN=C(NCCc1coc(-c2ccc(C)cc2)n1)NCc1ccc(CN2CCCC2)cc1.I. The molecule has 1 saturated heterocycles. The Bertz CT molecular complexity index is 1010. The lowest BCUT2D eigenvalue weighted by molar-refractivity contribution is 0.331. The smallest absolute Gasteiger partial charge is 0.226 e. The van der Waals surface area contributed by atoms with Crippen molar-refractivity contribution < 1.29 is 4.42 Å². The molecule has 1 aliphatic rings. The van der Waals surface area contributed by atoms with Crippen molar-refractivity contribution in [3.63, 3.8) is 0 Å². The fourth-order valence-electron chi connectivity index (χ4n) is 3.93. The molecule has 0 atom stereocenters. The Kier molecular flexibility index (Phi) is 9.75. The van der Waals surface area contributed by atoms with Crippen LogP contribution < -0.4 is 10.6 Å². The lowest BCUT2D eigenvalue weighted by Crippen LogP contribution is -2.37. The topological polar surface area (TPSA) is 65.7 Å². The van der Waals surface area contributed by atoms with Gasteiger partial charge in [0.25, 0.3) is 0 Å². The third-order valence-corrected chi connectivity index (χ3v) is 5.84. The number of nitrogens with one attached hydrogen (secondary N) is 2. The second kappa shape index (κ2) is 12.7. The van der Waals surface area contributed by atoms with Crippen LogP contribution in [-0.4, -0.2) is 42.5 Å². The van der Waals surface area contributed by atoms with Gasteiger partial charge in [-0.05, 0) is 56.1 Å². The molecule has 2 N–H and O–H groups in total. The molecule has 6 nitrogen and oxygen atoms in total. The highest BCUT2D eigenvalue weighted by molar-refractivity contribution is 14.0. The molecule has 0 saturated carbocycles. The molecule has 0 unspecified atom stereocenters. The molecule has 176 valence electrons. The minimum atomic E-state index is 0. The number of hydrogen-bond donors (Lipinski definition) is 2. The van der Waals surface area contributed by atoms with E-state index < -0.39 is 0 Å². The van der Waals surface area contributed by atoms with Gasteiger partial charge in [-0.25, -0.2) is 4.98 Å². The summed E-state index contributed by atoms with van der Waals surface area (Å²) in [7, 11) is 1.79. The number of guanidine groups is 1. The Labute approximate surface area is 213 Å². The molecule has 3 aromatic rings. The van der Waals surface area contributed by atoms with E-state index in [0.717, 1.165) is 43.3 Å². The molecule has 4 rings (SSSR count). The number of aryl methyl sites for hydroxylation is 1. The Morgan fingerprint density at radius 3 is 2.39 bits per heavy atom. The van der Waals surface area contributed by atoms with Crippen LogP contribution in [0.15, 0.2) is 64.2 Å². The molecule has 1 aliphatic heterocycles. The van der Waals surface area contributed by atoms with Crippen molar-refractivity contribution in [3.8, 4) is 11.5 Å². The third kappa shape index (κ3) is 7.57. The monoisotopic (exact) mass is 559 g/mol. The predicted molar refractivity (Wildman–Crippen MR) is 145 cm³/mol. The van der Waals surface area contributed by atoms with Crippen LogP contribution in [-0.2, 0) is 19.5 Å². The number of halogens is 1. The molecule has 0 bridgehead atoms. The van der Waals surface area contributed by atoms with Gasteiger partial charge in [-0.2, -0.15) is 0 Å². The minimum absolute atomic E-state index is 0. The number of likely N-dealkylation sites (tertiary alicyclic amines) is 1. The molecule has 0 amide bonds. The first-order valence-electron chi connectivity index (χ1n) is 11.5. The van der Waals surface area contributed by atoms with E-state index in [-0.39, 0.29) is 24.0 Å². The van der Waals surface area contributed by atoms with Crippen LogP contribution in [0.1, 0.15) is 35.2 Å². The van der Waals surface area contributed by atoms with Crippen molar-refractivity contribution in [2.24, 2.45) is 4.99 Å². The maximum absolute atomic E-state index is 5.64. The molecular formula is C26H34IN5O. The summed E-state index contributed by atoms with van der Waals surface area (Å²) in [4.78, 5) is 11.5. The zero-order valence-corrected chi connectivity index (χ0v) is 21.8. The molecule has 1 fully saturated rings. The van der Waals surface area contributed by atoms with Gasteiger partial charge >= 0.3 is 0 Å². The maximum Gasteiger partial charge on any atom is 0.226 e. The first-order chi connectivity index (χ1) is 15.7. The summed E-state index contributed by atoms with van der Waals surface area (Å²) < 4.78 is 5.64. The van der Waals surface area contributed by atoms with E-state index in [9.17, 15) is 0 Å². The molecular weight excluding hydrogens is 525 g/mol. The first-order valence-corrected chi connectivity index (χ1v) is 11.5. The summed E-state index contributed by atoms with van der Waals surface area (Å²) in [6.45, 7) is 7.06. The zero-order valence-electron chi connectivity index (χ0n) is 19.5. The van der Waals surface area contributed by atoms with E-state index in [1.165, 1.54) is 42.6 Å². The molecule has 0 spiro atoms. The van der Waals surface area contributed by atoms with Gasteiger partial charge in [-0.1, -0.05) is 42.0 Å². The fourth-order valence-corrected chi connectivity index (χ4v) is 3.93. The standard InChI is InChI=1S/C26H33N5O.HI/c1-20-5-11-23(12-6-20)25-30-24(19-32-25)13-14-28-26(27-2)29-17-21-7-9-22(10-8-21)18-31-15-3-4-16-31;/h5-12,19H,3-4,13-18H2,1-2H3,(H2,27,28,29);1H. The van der Waals surface area contributed by atoms with Crippen molar-refractivity contribution in [2.45, 2.75) is 39.3 Å². The van der Waals surface area contributed by atoms with Gasteiger partial charge in [0.15, 0.2) is 5.96 Å². The molecule has 2 heterocycles. The molecule has 2 aromatic carbocycles. The van der Waals surface area contributed by atoms with Crippen molar-refractivity contribution in [2.75, 3.05) is 26.7 Å². The van der Waals surface area contributed by atoms with Crippen molar-refractivity contribution >= 4 is 29.9 Å². The van der Waals surface area contributed by atoms with Gasteiger partial charge in [-0.15, -0.1) is 24.0 Å². The number of benzene rings is 2. The van der Waals surface area contributed by atoms with E-state index in [1.807, 2.05) is 12.1 Å². The number of aliphatic imine (C=N–C) groups is 1. The summed E-state index contributed by atoms with van der Waals surface area (Å²) in [5.74, 6) is 1.45. The number of rotatable bonds is 8. The summed E-state index contributed by atoms with van der Waals surface area (Å²) in [6, 6.07) is 17.1. The number of aromatic nitrogens is 1. The second-order valence-electron chi connectivity index (χ2n) is 8.41. The van der Waals surface area contributed by atoms with Gasteiger partial charge in [0, 0.05) is 38.7 Å². The minimum Gasteiger partial charge on any atom is -0.444 e. The van der Waals surface area contributed by atoms with Gasteiger partial charge < -0.3 is 15.1 Å². The lowest BCUT2D eigenvalue weighted by Gasteiger charge is -2.15. The highest BCUT2D eigenvalue weighted by atomic mass is 127. The van der Waals surface area contributed by atoms with Gasteiger partial charge in [-0.3, -0.25) is 9.89 Å². The van der Waals surface area contributed by atoms with Crippen LogP contribution in [0.4, 0.5) is 0 Å². The van der Waals surface area contributed by atoms with Crippen LogP contribution in [0, 0.1) is 6.92 Å². The van der Waals surface area contributed by atoms with E-state index >= 15 is 0 Å². The molecule has 0 radical (unpaired) electrons. The number of oxazole rings is 1. The Morgan fingerprint density at radius 1 is 1.00 bits per heavy atom. The average molecular weight is 559 g/mol. The Balaban J connectivity index is 0.00000306. The molecule has 33 heavy (non-hydrogen) atoms. The van der Waals surface area contributed by atoms with E-state index in [2.05, 4.69) is 68.8 Å². The van der Waals surface area contributed by atoms with Crippen LogP contribution in [0.25, 0.3) is 11.5 Å². The molecule has 7 heteroatoms. The molecule has 0 aliphatic carbocycles. The van der Waals surface area contributed by atoms with Crippen LogP contribution in [0.5, 0.6) is 0 Å². The fraction of sp³-hybridized carbons (Fsp3) is 0.385. The largest absolute Gasteiger partial charge is 0.444 e. The summed E-state index contributed by atoms with van der Waals surface area (Å²) >= 11 is 0. The van der Waals surface area contributed by atoms with Gasteiger partial charge in [0.05, 0.1) is 5.69 Å². The van der Waals surface area contributed by atoms with Crippen molar-refractivity contribution in [3.05, 3.63) is 77.2 Å². The van der Waals surface area contributed by atoms with Crippen molar-refractivity contribution in [1.29, 1.82) is 0 Å². The van der Waals surface area contributed by atoms with Gasteiger partial charge in [0.2, 0.25) is 5.89 Å². The predicted octanol–water partition coefficient (Wildman–Crippen LogP) is 4.77. The Hall–Kier alpha value is -2.39. The summed E-state index contributed by atoms with van der Waals surface area (Å²) in [5, 5.41) is 6.74. The lowest BCUT2D eigenvalue weighted by atomic mass is 10.1. The Morgan fingerprint density at radius 2 is 1.70 bits per heavy atom. The quantitative estimate of drug-likeness (QED) is 0.237. The van der Waals surface area contributed by atoms with Crippen LogP contribution in [0.3, 0.4) is 0 Å². The summed E-state index contributed by atoms with van der Waals surface area (Å²) in [6.07, 6.45) is 5.16.